The van der Waals surface area contributed by atoms with Gasteiger partial charge in [0.25, 0.3) is 0 Å². The van der Waals surface area contributed by atoms with E-state index in [0.717, 1.165) is 59.2 Å². The van der Waals surface area contributed by atoms with E-state index < -0.39 is 17.3 Å². The molecule has 3 rings (SSSR count). The molecule has 158 valence electrons. The lowest BCUT2D eigenvalue weighted by Gasteiger charge is -2.05. The van der Waals surface area contributed by atoms with Crippen molar-refractivity contribution in [3.63, 3.8) is 0 Å². The van der Waals surface area contributed by atoms with Crippen LogP contribution in [0.4, 0.5) is 14.5 Å². The number of benzene rings is 3. The van der Waals surface area contributed by atoms with E-state index in [-0.39, 0.29) is 5.56 Å². The Morgan fingerprint density at radius 2 is 1.50 bits per heavy atom. The van der Waals surface area contributed by atoms with Gasteiger partial charge in [0, 0.05) is 23.1 Å². The quantitative estimate of drug-likeness (QED) is 0.176. The summed E-state index contributed by atoms with van der Waals surface area (Å²) in [7, 11) is 0. The highest BCUT2D eigenvalue weighted by atomic mass is 32.1. The summed E-state index contributed by atoms with van der Waals surface area (Å²) in [5.74, 6) is 10.5. The van der Waals surface area contributed by atoms with Gasteiger partial charge in [-0.3, -0.25) is 0 Å². The molecule has 0 amide bonds. The van der Waals surface area contributed by atoms with E-state index in [9.17, 15) is 8.78 Å². The molecule has 0 unspecified atom stereocenters. The third kappa shape index (κ3) is 5.99. The number of aliphatic imine (C=N–C) groups is 1. The molecule has 0 fully saturated rings. The first-order valence-corrected chi connectivity index (χ1v) is 10.7. The zero-order valence-corrected chi connectivity index (χ0v) is 18.7. The lowest BCUT2D eigenvalue weighted by atomic mass is 9.99. The van der Waals surface area contributed by atoms with Crippen LogP contribution in [0.3, 0.4) is 0 Å². The monoisotopic (exact) mass is 441 g/mol. The first kappa shape index (κ1) is 23.1. The molecule has 4 heteroatoms. The summed E-state index contributed by atoms with van der Waals surface area (Å²) in [5, 5.41) is 1.97. The van der Waals surface area contributed by atoms with Crippen molar-refractivity contribution in [1.82, 2.24) is 0 Å². The highest BCUT2D eigenvalue weighted by Gasteiger charge is 2.09. The Hall–Kier alpha value is -3.56. The molecule has 0 saturated heterocycles. The van der Waals surface area contributed by atoms with Crippen LogP contribution < -0.4 is 0 Å². The fourth-order valence-corrected chi connectivity index (χ4v) is 3.18. The van der Waals surface area contributed by atoms with Crippen LogP contribution in [-0.4, -0.2) is 5.16 Å². The standard InChI is InChI=1S/C28H21F2NS/c1-3-4-5-6-7-23-14-15-25(16-20(23)2)24-12-10-21(11-13-24)8-9-22-17-26(29)28(31-19-32)27(30)18-22/h10-18H,3-5H2,1-2H3. The van der Waals surface area contributed by atoms with Crippen LogP contribution in [0, 0.1) is 42.2 Å². The highest BCUT2D eigenvalue weighted by molar-refractivity contribution is 7.78. The molecule has 0 N–H and O–H groups in total. The molecule has 0 spiro atoms. The summed E-state index contributed by atoms with van der Waals surface area (Å²) in [6, 6.07) is 16.2. The van der Waals surface area contributed by atoms with Crippen molar-refractivity contribution >= 4 is 23.1 Å². The maximum atomic E-state index is 13.9. The molecular formula is C28H21F2NS. The second kappa shape index (κ2) is 11.2. The van der Waals surface area contributed by atoms with Gasteiger partial charge in [-0.05, 0) is 72.6 Å². The SMILES string of the molecule is CCCCC#Cc1ccc(-c2ccc(C#Cc3cc(F)c(N=C=S)c(F)c3)cc2)cc1C. The molecule has 0 bridgehead atoms. The maximum Gasteiger partial charge on any atom is 0.153 e. The summed E-state index contributed by atoms with van der Waals surface area (Å²) in [6.45, 7) is 4.23. The molecule has 32 heavy (non-hydrogen) atoms. The minimum Gasteiger partial charge on any atom is -0.204 e. The Morgan fingerprint density at radius 3 is 2.12 bits per heavy atom. The normalized spacial score (nSPS) is 9.75. The van der Waals surface area contributed by atoms with Crippen LogP contribution >= 0.6 is 12.2 Å². The van der Waals surface area contributed by atoms with Gasteiger partial charge in [0.2, 0.25) is 0 Å². The zero-order chi connectivity index (χ0) is 22.9. The minimum atomic E-state index is -0.823. The zero-order valence-electron chi connectivity index (χ0n) is 17.9. The number of isothiocyanates is 1. The van der Waals surface area contributed by atoms with Crippen molar-refractivity contribution in [2.24, 2.45) is 4.99 Å². The second-order valence-electron chi connectivity index (χ2n) is 7.25. The van der Waals surface area contributed by atoms with Crippen molar-refractivity contribution in [2.75, 3.05) is 0 Å². The molecule has 0 atom stereocenters. The molecule has 0 aromatic heterocycles. The third-order valence-corrected chi connectivity index (χ3v) is 4.94. The topological polar surface area (TPSA) is 12.4 Å². The molecule has 0 radical (unpaired) electrons. The molecule has 3 aromatic rings. The highest BCUT2D eigenvalue weighted by Crippen LogP contribution is 2.24. The van der Waals surface area contributed by atoms with E-state index in [1.54, 1.807) is 0 Å². The van der Waals surface area contributed by atoms with E-state index in [1.165, 1.54) is 0 Å². The summed E-state index contributed by atoms with van der Waals surface area (Å²) < 4.78 is 27.9. The number of unbranched alkanes of at least 4 members (excludes halogenated alkanes) is 2. The Labute approximate surface area is 193 Å². The molecule has 0 heterocycles. The van der Waals surface area contributed by atoms with Gasteiger partial charge in [-0.2, -0.15) is 4.99 Å². The van der Waals surface area contributed by atoms with Gasteiger partial charge in [0.15, 0.2) is 11.6 Å². The largest absolute Gasteiger partial charge is 0.204 e. The van der Waals surface area contributed by atoms with Crippen molar-refractivity contribution in [1.29, 1.82) is 0 Å². The number of aryl methyl sites for hydroxylation is 1. The first-order valence-electron chi connectivity index (χ1n) is 10.3. The second-order valence-corrected chi connectivity index (χ2v) is 7.44. The number of hydrogen-bond acceptors (Lipinski definition) is 2. The van der Waals surface area contributed by atoms with E-state index >= 15 is 0 Å². The molecule has 0 aliphatic carbocycles. The van der Waals surface area contributed by atoms with Crippen molar-refractivity contribution in [3.8, 4) is 34.8 Å². The van der Waals surface area contributed by atoms with Crippen molar-refractivity contribution in [3.05, 3.63) is 88.5 Å². The summed E-state index contributed by atoms with van der Waals surface area (Å²) in [5.41, 5.74) is 4.85. The van der Waals surface area contributed by atoms with Gasteiger partial charge < -0.3 is 0 Å². The number of nitrogens with zero attached hydrogens (tertiary/aromatic N) is 1. The maximum absolute atomic E-state index is 13.9. The van der Waals surface area contributed by atoms with Crippen molar-refractivity contribution in [2.45, 2.75) is 33.1 Å². The van der Waals surface area contributed by atoms with Crippen LogP contribution in [0.15, 0.2) is 59.6 Å². The summed E-state index contributed by atoms with van der Waals surface area (Å²) >= 11 is 4.40. The van der Waals surface area contributed by atoms with Gasteiger partial charge in [0.1, 0.15) is 5.69 Å². The number of rotatable bonds is 4. The van der Waals surface area contributed by atoms with Crippen LogP contribution in [0.5, 0.6) is 0 Å². The smallest absolute Gasteiger partial charge is 0.153 e. The number of hydrogen-bond donors (Lipinski definition) is 0. The third-order valence-electron chi connectivity index (χ3n) is 4.85. The Bertz CT molecular complexity index is 1270. The Balaban J connectivity index is 1.77. The van der Waals surface area contributed by atoms with E-state index in [1.807, 2.05) is 29.4 Å². The average molecular weight is 442 g/mol. The van der Waals surface area contributed by atoms with Gasteiger partial charge in [-0.1, -0.05) is 61.3 Å². The summed E-state index contributed by atoms with van der Waals surface area (Å²) in [6.07, 6.45) is 3.19. The molecule has 3 aromatic carbocycles. The van der Waals surface area contributed by atoms with Gasteiger partial charge >= 0.3 is 0 Å². The van der Waals surface area contributed by atoms with E-state index in [0.29, 0.717) is 0 Å². The fraction of sp³-hybridized carbons (Fsp3) is 0.179. The minimum absolute atomic E-state index is 0.221. The summed E-state index contributed by atoms with van der Waals surface area (Å²) in [4.78, 5) is 3.40. The van der Waals surface area contributed by atoms with Crippen LogP contribution in [0.25, 0.3) is 11.1 Å². The molecular weight excluding hydrogens is 420 g/mol. The average Bonchev–Trinajstić information content (AvgIpc) is 2.79. The predicted octanol–water partition coefficient (Wildman–Crippen LogP) is 7.62. The van der Waals surface area contributed by atoms with Gasteiger partial charge in [-0.15, -0.1) is 0 Å². The fourth-order valence-electron chi connectivity index (χ4n) is 3.09. The molecule has 1 nitrogen and oxygen atoms in total. The van der Waals surface area contributed by atoms with Crippen LogP contribution in [0.1, 0.15) is 48.4 Å². The molecule has 0 saturated carbocycles. The Kier molecular flexibility index (Phi) is 8.07. The van der Waals surface area contributed by atoms with E-state index in [4.69, 9.17) is 0 Å². The van der Waals surface area contributed by atoms with Crippen LogP contribution in [0.2, 0.25) is 0 Å². The van der Waals surface area contributed by atoms with Gasteiger partial charge in [0.05, 0.1) is 5.16 Å². The predicted molar refractivity (Wildman–Crippen MR) is 130 cm³/mol. The lowest BCUT2D eigenvalue weighted by molar-refractivity contribution is 0.587. The van der Waals surface area contributed by atoms with Crippen molar-refractivity contribution < 1.29 is 8.78 Å². The first-order chi connectivity index (χ1) is 15.5. The lowest BCUT2D eigenvalue weighted by Crippen LogP contribution is -1.87. The Morgan fingerprint density at radius 1 is 0.844 bits per heavy atom. The number of thiocarbonyl (C=S) groups is 1. The van der Waals surface area contributed by atoms with Crippen LogP contribution in [-0.2, 0) is 0 Å². The van der Waals surface area contributed by atoms with E-state index in [2.05, 4.69) is 72.9 Å². The van der Waals surface area contributed by atoms with Gasteiger partial charge in [-0.25, -0.2) is 8.78 Å². The number of halogens is 2. The molecule has 0 aliphatic rings. The molecule has 0 aliphatic heterocycles.